The Bertz CT molecular complexity index is 703. The van der Waals surface area contributed by atoms with Crippen molar-refractivity contribution in [1.29, 1.82) is 0 Å². The Morgan fingerprint density at radius 2 is 1.80 bits per heavy atom. The highest BCUT2D eigenvalue weighted by molar-refractivity contribution is 7.87. The molecular formula is C15H19F3O6S. The van der Waals surface area contributed by atoms with Gasteiger partial charge in [0.2, 0.25) is 0 Å². The van der Waals surface area contributed by atoms with Gasteiger partial charge in [0.1, 0.15) is 6.61 Å². The average Bonchev–Trinajstić information content (AvgIpc) is 2.42. The van der Waals surface area contributed by atoms with E-state index in [9.17, 15) is 31.5 Å². The lowest BCUT2D eigenvalue weighted by atomic mass is 9.48. The molecule has 0 amide bonds. The Balaban J connectivity index is 1.67. The number of esters is 1. The highest BCUT2D eigenvalue weighted by Gasteiger charge is 2.60. The SMILES string of the molecule is O=C(OCC=C(F)C(F)(F)S(=O)(=O)O)C12CC3CC(CC(O)(C3)C1)C2. The van der Waals surface area contributed by atoms with Gasteiger partial charge in [0.25, 0.3) is 0 Å². The van der Waals surface area contributed by atoms with E-state index in [-0.39, 0.29) is 24.3 Å². The monoisotopic (exact) mass is 384 g/mol. The normalized spacial score (nSPS) is 38.0. The highest BCUT2D eigenvalue weighted by Crippen LogP contribution is 2.61. The molecule has 0 spiro atoms. The lowest BCUT2D eigenvalue weighted by Crippen LogP contribution is -2.58. The molecule has 2 atom stereocenters. The van der Waals surface area contributed by atoms with Crippen molar-refractivity contribution < 1.29 is 40.8 Å². The number of aliphatic hydroxyl groups is 1. The van der Waals surface area contributed by atoms with Crippen molar-refractivity contribution >= 4 is 16.1 Å². The maximum absolute atomic E-state index is 13.3. The van der Waals surface area contributed by atoms with Gasteiger partial charge in [-0.1, -0.05) is 0 Å². The van der Waals surface area contributed by atoms with Crippen LogP contribution in [0.25, 0.3) is 0 Å². The Labute approximate surface area is 142 Å². The number of hydrogen-bond acceptors (Lipinski definition) is 5. The van der Waals surface area contributed by atoms with Gasteiger partial charge in [-0.15, -0.1) is 0 Å². The summed E-state index contributed by atoms with van der Waals surface area (Å²) in [5.74, 6) is -2.70. The molecule has 2 N–H and O–H groups in total. The first-order chi connectivity index (χ1) is 11.4. The summed E-state index contributed by atoms with van der Waals surface area (Å²) in [5.41, 5.74) is -1.81. The van der Waals surface area contributed by atoms with Crippen LogP contribution in [0.1, 0.15) is 38.5 Å². The largest absolute Gasteiger partial charge is 0.461 e. The molecule has 0 aromatic rings. The number of alkyl halides is 2. The Hall–Kier alpha value is -1.13. The molecule has 4 rings (SSSR count). The molecule has 142 valence electrons. The molecule has 0 saturated heterocycles. The maximum Gasteiger partial charge on any atom is 0.420 e. The third kappa shape index (κ3) is 3.19. The Kier molecular flexibility index (Phi) is 4.24. The van der Waals surface area contributed by atoms with Crippen LogP contribution in [-0.2, 0) is 19.6 Å². The Morgan fingerprint density at radius 3 is 2.28 bits per heavy atom. The molecule has 0 aliphatic heterocycles. The molecular weight excluding hydrogens is 365 g/mol. The number of carbonyl (C=O) groups is 1. The summed E-state index contributed by atoms with van der Waals surface area (Å²) >= 11 is 0. The van der Waals surface area contributed by atoms with E-state index < -0.39 is 44.8 Å². The van der Waals surface area contributed by atoms with Gasteiger partial charge in [0.05, 0.1) is 11.0 Å². The number of rotatable bonds is 5. The van der Waals surface area contributed by atoms with Crippen LogP contribution in [0.5, 0.6) is 0 Å². The molecule has 0 aromatic heterocycles. The molecule has 4 aliphatic carbocycles. The molecule has 0 aromatic carbocycles. The second-order valence-corrected chi connectivity index (χ2v) is 9.07. The van der Waals surface area contributed by atoms with Crippen molar-refractivity contribution in [2.75, 3.05) is 6.61 Å². The fraction of sp³-hybridized carbons (Fsp3) is 0.800. The molecule has 0 heterocycles. The van der Waals surface area contributed by atoms with E-state index in [1.54, 1.807) is 0 Å². The third-order valence-electron chi connectivity index (χ3n) is 5.54. The topological polar surface area (TPSA) is 101 Å². The standard InChI is InChI=1S/C15H19F3O6S/c16-11(15(17,18)25(21,22)23)1-2-24-12(19)13-4-9-3-10(5-13)7-14(20,6-9)8-13/h1,9-10,20H,2-8H2,(H,21,22,23). The predicted molar refractivity (Wildman–Crippen MR) is 78.7 cm³/mol. The van der Waals surface area contributed by atoms with E-state index >= 15 is 0 Å². The summed E-state index contributed by atoms with van der Waals surface area (Å²) < 4.78 is 73.5. The fourth-order valence-corrected chi connectivity index (χ4v) is 5.37. The molecule has 0 radical (unpaired) electrons. The predicted octanol–water partition coefficient (Wildman–Crippen LogP) is 2.19. The first kappa shape index (κ1) is 18.7. The molecule has 4 saturated carbocycles. The van der Waals surface area contributed by atoms with E-state index in [1.165, 1.54) is 0 Å². The fourth-order valence-electron chi connectivity index (χ4n) is 5.04. The second kappa shape index (κ2) is 5.68. The minimum absolute atomic E-state index is 0.112. The van der Waals surface area contributed by atoms with Gasteiger partial charge in [0.15, 0.2) is 5.83 Å². The van der Waals surface area contributed by atoms with Crippen LogP contribution in [-0.4, -0.2) is 41.5 Å². The van der Waals surface area contributed by atoms with E-state index in [2.05, 4.69) is 0 Å². The van der Waals surface area contributed by atoms with Crippen molar-refractivity contribution in [3.8, 4) is 0 Å². The van der Waals surface area contributed by atoms with Crippen LogP contribution in [0.3, 0.4) is 0 Å². The minimum Gasteiger partial charge on any atom is -0.461 e. The van der Waals surface area contributed by atoms with E-state index in [0.717, 1.165) is 6.42 Å². The average molecular weight is 384 g/mol. The quantitative estimate of drug-likeness (QED) is 0.557. The molecule has 4 aliphatic rings. The zero-order valence-electron chi connectivity index (χ0n) is 13.3. The van der Waals surface area contributed by atoms with Gasteiger partial charge in [-0.25, -0.2) is 4.39 Å². The van der Waals surface area contributed by atoms with Gasteiger partial charge < -0.3 is 9.84 Å². The molecule has 6 nitrogen and oxygen atoms in total. The maximum atomic E-state index is 13.3. The van der Waals surface area contributed by atoms with Crippen LogP contribution >= 0.6 is 0 Å². The third-order valence-corrected chi connectivity index (χ3v) is 6.39. The lowest BCUT2D eigenvalue weighted by Gasteiger charge is -2.58. The van der Waals surface area contributed by atoms with Crippen molar-refractivity contribution in [3.63, 3.8) is 0 Å². The zero-order valence-corrected chi connectivity index (χ0v) is 14.1. The van der Waals surface area contributed by atoms with Crippen LogP contribution in [0, 0.1) is 17.3 Å². The summed E-state index contributed by atoms with van der Waals surface area (Å²) in [5, 5.41) is 5.47. The number of halogens is 3. The van der Waals surface area contributed by atoms with Gasteiger partial charge in [-0.2, -0.15) is 17.2 Å². The van der Waals surface area contributed by atoms with E-state index in [0.29, 0.717) is 25.7 Å². The second-order valence-electron chi connectivity index (χ2n) is 7.61. The number of ether oxygens (including phenoxy) is 1. The first-order valence-corrected chi connectivity index (χ1v) is 9.42. The van der Waals surface area contributed by atoms with Crippen LogP contribution < -0.4 is 0 Å². The minimum atomic E-state index is -5.95. The van der Waals surface area contributed by atoms with Crippen molar-refractivity contribution in [1.82, 2.24) is 0 Å². The molecule has 4 bridgehead atoms. The Morgan fingerprint density at radius 1 is 1.24 bits per heavy atom. The molecule has 2 unspecified atom stereocenters. The summed E-state index contributed by atoms with van der Waals surface area (Å²) in [6, 6.07) is 0. The summed E-state index contributed by atoms with van der Waals surface area (Å²) in [6.07, 6.45) is 3.63. The molecule has 25 heavy (non-hydrogen) atoms. The van der Waals surface area contributed by atoms with Gasteiger partial charge in [0, 0.05) is 0 Å². The van der Waals surface area contributed by atoms with E-state index in [4.69, 9.17) is 9.29 Å². The van der Waals surface area contributed by atoms with Crippen LogP contribution in [0.2, 0.25) is 0 Å². The van der Waals surface area contributed by atoms with Crippen LogP contribution in [0.15, 0.2) is 11.9 Å². The van der Waals surface area contributed by atoms with Crippen LogP contribution in [0.4, 0.5) is 13.2 Å². The summed E-state index contributed by atoms with van der Waals surface area (Å²) in [6.45, 7) is -0.884. The van der Waals surface area contributed by atoms with Gasteiger partial charge in [-0.3, -0.25) is 9.35 Å². The molecule has 10 heteroatoms. The van der Waals surface area contributed by atoms with Crippen molar-refractivity contribution in [3.05, 3.63) is 11.9 Å². The van der Waals surface area contributed by atoms with Crippen molar-refractivity contribution in [2.45, 2.75) is 49.4 Å². The van der Waals surface area contributed by atoms with Gasteiger partial charge >= 0.3 is 21.3 Å². The van der Waals surface area contributed by atoms with Crippen molar-refractivity contribution in [2.24, 2.45) is 17.3 Å². The lowest BCUT2D eigenvalue weighted by molar-refractivity contribution is -0.195. The number of hydrogen-bond donors (Lipinski definition) is 2. The summed E-state index contributed by atoms with van der Waals surface area (Å²) in [4.78, 5) is 12.4. The molecule has 4 fully saturated rings. The first-order valence-electron chi connectivity index (χ1n) is 7.98. The van der Waals surface area contributed by atoms with E-state index in [1.807, 2.05) is 0 Å². The smallest absolute Gasteiger partial charge is 0.420 e. The highest BCUT2D eigenvalue weighted by atomic mass is 32.2. The van der Waals surface area contributed by atoms with Gasteiger partial charge in [-0.05, 0) is 56.4 Å². The number of carbonyl (C=O) groups excluding carboxylic acids is 1. The summed E-state index contributed by atoms with van der Waals surface area (Å²) in [7, 11) is -5.95. The zero-order chi connectivity index (χ0) is 18.7.